The van der Waals surface area contributed by atoms with Crippen molar-refractivity contribution in [2.24, 2.45) is 0 Å². The van der Waals surface area contributed by atoms with E-state index in [1.807, 2.05) is 115 Å². The maximum atomic E-state index is 13.8. The van der Waals surface area contributed by atoms with Gasteiger partial charge in [-0.15, -0.1) is 0 Å². The third-order valence-electron chi connectivity index (χ3n) is 9.89. The molecule has 8 heteroatoms. The summed E-state index contributed by atoms with van der Waals surface area (Å²) in [6, 6.07) is 50.9. The molecule has 3 aromatic heterocycles. The number of benzene rings is 7. The molecule has 0 saturated heterocycles. The standard InChI is InChI=1S/C46H27F3N4O/c47-46(48,49)32-22-19-28(20-23-32)35-27-31(45-51-43(29-11-3-1-4-12-29)50-44(52-45)30-13-5-2-6-14-30)21-24-37(35)53-36-17-9-7-15-33(36)41-38(53)25-26-40-42(41)34-16-8-10-18-39(34)54-40/h1-27H. The van der Waals surface area contributed by atoms with E-state index in [-0.39, 0.29) is 0 Å². The Balaban J connectivity index is 1.25. The average molecular weight is 709 g/mol. The molecule has 7 aromatic carbocycles. The molecule has 10 rings (SSSR count). The van der Waals surface area contributed by atoms with Crippen molar-refractivity contribution in [3.05, 3.63) is 169 Å². The van der Waals surface area contributed by atoms with Crippen molar-refractivity contribution in [3.8, 4) is 51.0 Å². The van der Waals surface area contributed by atoms with E-state index in [4.69, 9.17) is 19.4 Å². The number of rotatable bonds is 5. The molecule has 5 nitrogen and oxygen atoms in total. The Kier molecular flexibility index (Phi) is 7.20. The maximum absolute atomic E-state index is 13.8. The van der Waals surface area contributed by atoms with Gasteiger partial charge in [-0.2, -0.15) is 13.2 Å². The summed E-state index contributed by atoms with van der Waals surface area (Å²) in [5, 5.41) is 4.09. The second kappa shape index (κ2) is 12.3. The normalized spacial score (nSPS) is 12.0. The van der Waals surface area contributed by atoms with Crippen LogP contribution in [0, 0.1) is 0 Å². The van der Waals surface area contributed by atoms with Crippen LogP contribution in [0.1, 0.15) is 5.56 Å². The van der Waals surface area contributed by atoms with Gasteiger partial charge in [-0.25, -0.2) is 15.0 Å². The highest BCUT2D eigenvalue weighted by atomic mass is 19.4. The Bertz CT molecular complexity index is 2970. The Morgan fingerprint density at radius 1 is 0.444 bits per heavy atom. The summed E-state index contributed by atoms with van der Waals surface area (Å²) in [6.45, 7) is 0. The number of hydrogen-bond acceptors (Lipinski definition) is 4. The highest BCUT2D eigenvalue weighted by molar-refractivity contribution is 6.27. The minimum absolute atomic E-state index is 0.441. The average Bonchev–Trinajstić information content (AvgIpc) is 3.76. The Hall–Kier alpha value is -7.06. The number of alkyl halides is 3. The number of para-hydroxylation sites is 2. The van der Waals surface area contributed by atoms with E-state index in [1.165, 1.54) is 12.1 Å². The first kappa shape index (κ1) is 31.7. The first-order valence-electron chi connectivity index (χ1n) is 17.4. The van der Waals surface area contributed by atoms with Crippen molar-refractivity contribution >= 4 is 43.7 Å². The van der Waals surface area contributed by atoms with Crippen LogP contribution < -0.4 is 0 Å². The second-order valence-electron chi connectivity index (χ2n) is 13.1. The lowest BCUT2D eigenvalue weighted by molar-refractivity contribution is -0.137. The summed E-state index contributed by atoms with van der Waals surface area (Å²) in [5.41, 5.74) is 7.22. The first-order chi connectivity index (χ1) is 26.4. The zero-order valence-corrected chi connectivity index (χ0v) is 28.4. The molecule has 54 heavy (non-hydrogen) atoms. The van der Waals surface area contributed by atoms with Crippen molar-refractivity contribution in [3.63, 3.8) is 0 Å². The van der Waals surface area contributed by atoms with Crippen LogP contribution in [0.5, 0.6) is 0 Å². The molecular formula is C46H27F3N4O. The van der Waals surface area contributed by atoms with E-state index in [0.29, 0.717) is 34.2 Å². The van der Waals surface area contributed by atoms with Crippen LogP contribution in [0.15, 0.2) is 168 Å². The molecule has 0 saturated carbocycles. The summed E-state index contributed by atoms with van der Waals surface area (Å²) < 4.78 is 49.8. The quantitative estimate of drug-likeness (QED) is 0.179. The van der Waals surface area contributed by atoms with Gasteiger partial charge in [0, 0.05) is 43.8 Å². The van der Waals surface area contributed by atoms with Gasteiger partial charge in [0.05, 0.1) is 22.3 Å². The van der Waals surface area contributed by atoms with Gasteiger partial charge in [-0.05, 0) is 60.2 Å². The highest BCUT2D eigenvalue weighted by Gasteiger charge is 2.30. The molecule has 0 N–H and O–H groups in total. The third-order valence-corrected chi connectivity index (χ3v) is 9.89. The smallest absolute Gasteiger partial charge is 0.416 e. The molecule has 258 valence electrons. The number of nitrogens with zero attached hydrogens (tertiary/aromatic N) is 4. The van der Waals surface area contributed by atoms with Crippen molar-refractivity contribution < 1.29 is 17.6 Å². The summed E-state index contributed by atoms with van der Waals surface area (Å²) in [6.07, 6.45) is -4.47. The number of halogens is 3. The van der Waals surface area contributed by atoms with E-state index < -0.39 is 11.7 Å². The fourth-order valence-corrected chi connectivity index (χ4v) is 7.41. The number of fused-ring (bicyclic) bond motifs is 7. The molecule has 0 unspecified atom stereocenters. The van der Waals surface area contributed by atoms with E-state index in [0.717, 1.165) is 72.7 Å². The molecule has 0 radical (unpaired) electrons. The monoisotopic (exact) mass is 708 g/mol. The number of furan rings is 1. The topological polar surface area (TPSA) is 56.7 Å². The lowest BCUT2D eigenvalue weighted by Gasteiger charge is -2.17. The summed E-state index contributed by atoms with van der Waals surface area (Å²) in [7, 11) is 0. The van der Waals surface area contributed by atoms with Gasteiger partial charge in [-0.1, -0.05) is 109 Å². The molecule has 0 aliphatic heterocycles. The van der Waals surface area contributed by atoms with Gasteiger partial charge in [0.2, 0.25) is 0 Å². The number of aromatic nitrogens is 4. The summed E-state index contributed by atoms with van der Waals surface area (Å²) in [4.78, 5) is 14.7. The Labute approximate surface area is 306 Å². The van der Waals surface area contributed by atoms with Gasteiger partial charge in [0.1, 0.15) is 11.2 Å². The molecule has 0 aliphatic rings. The van der Waals surface area contributed by atoms with E-state index >= 15 is 0 Å². The van der Waals surface area contributed by atoms with Crippen LogP contribution in [0.2, 0.25) is 0 Å². The second-order valence-corrected chi connectivity index (χ2v) is 13.1. The van der Waals surface area contributed by atoms with Gasteiger partial charge in [-0.3, -0.25) is 0 Å². The van der Waals surface area contributed by atoms with E-state index in [9.17, 15) is 13.2 Å². The van der Waals surface area contributed by atoms with Gasteiger partial charge in [0.25, 0.3) is 0 Å². The summed E-state index contributed by atoms with van der Waals surface area (Å²) in [5.74, 6) is 1.47. The zero-order chi connectivity index (χ0) is 36.4. The van der Waals surface area contributed by atoms with Gasteiger partial charge >= 0.3 is 6.18 Å². The van der Waals surface area contributed by atoms with Crippen LogP contribution in [0.4, 0.5) is 13.2 Å². The predicted octanol–water partition coefficient (Wildman–Crippen LogP) is 12.6. The fourth-order valence-electron chi connectivity index (χ4n) is 7.41. The Morgan fingerprint density at radius 3 is 1.69 bits per heavy atom. The maximum Gasteiger partial charge on any atom is 0.416 e. The first-order valence-corrected chi connectivity index (χ1v) is 17.4. The van der Waals surface area contributed by atoms with Crippen LogP contribution in [-0.2, 0) is 6.18 Å². The van der Waals surface area contributed by atoms with Crippen LogP contribution in [0.3, 0.4) is 0 Å². The van der Waals surface area contributed by atoms with Crippen molar-refractivity contribution in [2.75, 3.05) is 0 Å². The predicted molar refractivity (Wildman–Crippen MR) is 208 cm³/mol. The third kappa shape index (κ3) is 5.22. The molecule has 0 bridgehead atoms. The van der Waals surface area contributed by atoms with Gasteiger partial charge in [0.15, 0.2) is 17.5 Å². The highest BCUT2D eigenvalue weighted by Crippen LogP contribution is 2.43. The molecule has 0 spiro atoms. The molecule has 3 heterocycles. The largest absolute Gasteiger partial charge is 0.456 e. The molecule has 0 fully saturated rings. The molecule has 10 aromatic rings. The summed E-state index contributed by atoms with van der Waals surface area (Å²) >= 11 is 0. The minimum Gasteiger partial charge on any atom is -0.456 e. The zero-order valence-electron chi connectivity index (χ0n) is 28.4. The van der Waals surface area contributed by atoms with Gasteiger partial charge < -0.3 is 8.98 Å². The van der Waals surface area contributed by atoms with Crippen molar-refractivity contribution in [2.45, 2.75) is 6.18 Å². The fraction of sp³-hybridized carbons (Fsp3) is 0.0217. The van der Waals surface area contributed by atoms with Crippen LogP contribution >= 0.6 is 0 Å². The SMILES string of the molecule is FC(F)(F)c1ccc(-c2cc(-c3nc(-c4ccccc4)nc(-c4ccccc4)n3)ccc2-n2c3ccccc3c3c4c(ccc32)oc2ccccc24)cc1. The lowest BCUT2D eigenvalue weighted by Crippen LogP contribution is -2.04. The van der Waals surface area contributed by atoms with E-state index in [2.05, 4.69) is 28.8 Å². The molecule has 0 amide bonds. The molecule has 0 aliphatic carbocycles. The van der Waals surface area contributed by atoms with Crippen LogP contribution in [0.25, 0.3) is 94.7 Å². The lowest BCUT2D eigenvalue weighted by atomic mass is 9.98. The minimum atomic E-state index is -4.47. The van der Waals surface area contributed by atoms with Crippen molar-refractivity contribution in [1.29, 1.82) is 0 Å². The van der Waals surface area contributed by atoms with Crippen LogP contribution in [-0.4, -0.2) is 19.5 Å². The Morgan fingerprint density at radius 2 is 1.02 bits per heavy atom. The number of hydrogen-bond donors (Lipinski definition) is 0. The molecule has 0 atom stereocenters. The molecular weight excluding hydrogens is 682 g/mol. The van der Waals surface area contributed by atoms with E-state index in [1.54, 1.807) is 0 Å². The van der Waals surface area contributed by atoms with Crippen molar-refractivity contribution in [1.82, 2.24) is 19.5 Å².